The van der Waals surface area contributed by atoms with Crippen molar-refractivity contribution in [3.05, 3.63) is 65.7 Å². The monoisotopic (exact) mass is 365 g/mol. The summed E-state index contributed by atoms with van der Waals surface area (Å²) >= 11 is 0. The molecule has 0 spiro atoms. The molecule has 1 N–H and O–H groups in total. The Morgan fingerprint density at radius 2 is 1.65 bits per heavy atom. The van der Waals surface area contributed by atoms with Crippen LogP contribution in [0.1, 0.15) is 31.1 Å². The number of amides is 1. The van der Waals surface area contributed by atoms with Crippen LogP contribution in [0.5, 0.6) is 0 Å². The zero-order valence-electron chi connectivity index (χ0n) is 14.2. The highest BCUT2D eigenvalue weighted by atomic mass is 19.4. The maximum absolute atomic E-state index is 12.8. The Labute approximate surface area is 149 Å². The molecule has 0 saturated carbocycles. The lowest BCUT2D eigenvalue weighted by Crippen LogP contribution is -2.27. The molecule has 0 radical (unpaired) electrons. The molecule has 7 heteroatoms. The van der Waals surface area contributed by atoms with Gasteiger partial charge in [-0.25, -0.2) is 0 Å². The van der Waals surface area contributed by atoms with Gasteiger partial charge in [0.05, 0.1) is 11.5 Å². The zero-order valence-corrected chi connectivity index (χ0v) is 14.2. The lowest BCUT2D eigenvalue weighted by Gasteiger charge is -2.19. The third-order valence-electron chi connectivity index (χ3n) is 3.50. The summed E-state index contributed by atoms with van der Waals surface area (Å²) in [5.74, 6) is -1.77. The Morgan fingerprint density at radius 3 is 2.23 bits per heavy atom. The second-order valence-corrected chi connectivity index (χ2v) is 5.95. The minimum atomic E-state index is -4.52. The molecule has 1 atom stereocenters. The van der Waals surface area contributed by atoms with Crippen molar-refractivity contribution in [3.63, 3.8) is 0 Å². The van der Waals surface area contributed by atoms with Gasteiger partial charge in [0.2, 0.25) is 6.10 Å². The van der Waals surface area contributed by atoms with Crippen molar-refractivity contribution in [1.82, 2.24) is 0 Å². The first kappa shape index (κ1) is 19.5. The van der Waals surface area contributed by atoms with E-state index in [1.165, 1.54) is 12.1 Å². The third-order valence-corrected chi connectivity index (χ3v) is 3.50. The molecule has 0 aliphatic carbocycles. The Bertz CT molecular complexity index is 773. The zero-order chi connectivity index (χ0) is 19.3. The van der Waals surface area contributed by atoms with Gasteiger partial charge in [-0.3, -0.25) is 9.59 Å². The number of rotatable bonds is 5. The Morgan fingerprint density at radius 1 is 1.00 bits per heavy atom. The van der Waals surface area contributed by atoms with Gasteiger partial charge in [-0.1, -0.05) is 50.2 Å². The van der Waals surface area contributed by atoms with Crippen molar-refractivity contribution in [2.45, 2.75) is 26.1 Å². The van der Waals surface area contributed by atoms with Crippen LogP contribution in [-0.2, 0) is 20.5 Å². The maximum atomic E-state index is 12.8. The fourth-order valence-corrected chi connectivity index (χ4v) is 2.13. The van der Waals surface area contributed by atoms with Gasteiger partial charge in [-0.05, 0) is 18.2 Å². The quantitative estimate of drug-likeness (QED) is 0.789. The van der Waals surface area contributed by atoms with Crippen LogP contribution in [0.15, 0.2) is 54.6 Å². The van der Waals surface area contributed by atoms with Gasteiger partial charge in [0.1, 0.15) is 0 Å². The van der Waals surface area contributed by atoms with E-state index < -0.39 is 35.6 Å². The normalized spacial score (nSPS) is 12.5. The highest BCUT2D eigenvalue weighted by Gasteiger charge is 2.31. The second-order valence-electron chi connectivity index (χ2n) is 5.95. The number of ether oxygens (including phenoxy) is 1. The lowest BCUT2D eigenvalue weighted by atomic mass is 10.1. The Hall–Kier alpha value is -2.83. The number of hydrogen-bond donors (Lipinski definition) is 1. The number of carbonyl (C=O) groups is 2. The van der Waals surface area contributed by atoms with Crippen molar-refractivity contribution in [2.24, 2.45) is 5.92 Å². The molecular weight excluding hydrogens is 347 g/mol. The van der Waals surface area contributed by atoms with Gasteiger partial charge in [0.25, 0.3) is 5.91 Å². The largest absolute Gasteiger partial charge is 0.447 e. The third kappa shape index (κ3) is 5.08. The topological polar surface area (TPSA) is 55.4 Å². The van der Waals surface area contributed by atoms with Crippen LogP contribution in [0.2, 0.25) is 0 Å². The Kier molecular flexibility index (Phi) is 6.02. The van der Waals surface area contributed by atoms with Crippen LogP contribution in [0.25, 0.3) is 0 Å². The van der Waals surface area contributed by atoms with E-state index in [-0.39, 0.29) is 5.69 Å². The predicted molar refractivity (Wildman–Crippen MR) is 90.2 cm³/mol. The van der Waals surface area contributed by atoms with Crippen molar-refractivity contribution in [2.75, 3.05) is 5.32 Å². The standard InChI is InChI=1S/C19H18F3NO3/c1-12(2)18(25)26-16(13-7-4-3-5-8-13)17(24)23-15-10-6-9-14(11-15)19(20,21)22/h3-12,16H,1-2H3,(H,23,24). The lowest BCUT2D eigenvalue weighted by molar-refractivity contribution is -0.157. The average molecular weight is 365 g/mol. The van der Waals surface area contributed by atoms with Crippen molar-refractivity contribution in [3.8, 4) is 0 Å². The van der Waals surface area contributed by atoms with Crippen LogP contribution in [-0.4, -0.2) is 11.9 Å². The van der Waals surface area contributed by atoms with E-state index in [0.717, 1.165) is 12.1 Å². The molecule has 0 bridgehead atoms. The number of anilines is 1. The van der Waals surface area contributed by atoms with Crippen LogP contribution >= 0.6 is 0 Å². The minimum absolute atomic E-state index is 0.0358. The van der Waals surface area contributed by atoms with Gasteiger partial charge in [0, 0.05) is 11.3 Å². The highest BCUT2D eigenvalue weighted by Crippen LogP contribution is 2.31. The van der Waals surface area contributed by atoms with Crippen molar-refractivity contribution in [1.29, 1.82) is 0 Å². The number of hydrogen-bond acceptors (Lipinski definition) is 3. The number of alkyl halides is 3. The molecular formula is C19H18F3NO3. The first-order valence-corrected chi connectivity index (χ1v) is 7.92. The van der Waals surface area contributed by atoms with Gasteiger partial charge in [0.15, 0.2) is 0 Å². The SMILES string of the molecule is CC(C)C(=O)OC(C(=O)Nc1cccc(C(F)(F)F)c1)c1ccccc1. The fourth-order valence-electron chi connectivity index (χ4n) is 2.13. The number of nitrogens with one attached hydrogen (secondary N) is 1. The average Bonchev–Trinajstić information content (AvgIpc) is 2.59. The van der Waals surface area contributed by atoms with Crippen LogP contribution in [0, 0.1) is 5.92 Å². The molecule has 4 nitrogen and oxygen atoms in total. The molecule has 2 aromatic rings. The van der Waals surface area contributed by atoms with Gasteiger partial charge in [-0.2, -0.15) is 13.2 Å². The molecule has 0 aliphatic rings. The number of benzene rings is 2. The summed E-state index contributed by atoms with van der Waals surface area (Å²) in [7, 11) is 0. The van der Waals surface area contributed by atoms with E-state index in [9.17, 15) is 22.8 Å². The minimum Gasteiger partial charge on any atom is -0.447 e. The Balaban J connectivity index is 2.25. The summed E-state index contributed by atoms with van der Waals surface area (Å²) in [6.45, 7) is 3.24. The molecule has 2 aromatic carbocycles. The van der Waals surface area contributed by atoms with Crippen molar-refractivity contribution >= 4 is 17.6 Å². The maximum Gasteiger partial charge on any atom is 0.416 e. The van der Waals surface area contributed by atoms with E-state index in [1.807, 2.05) is 0 Å². The highest BCUT2D eigenvalue weighted by molar-refractivity contribution is 5.96. The predicted octanol–water partition coefficient (Wildman–Crippen LogP) is 4.58. The van der Waals surface area contributed by atoms with Gasteiger partial charge >= 0.3 is 12.1 Å². The van der Waals surface area contributed by atoms with E-state index in [4.69, 9.17) is 4.74 Å². The molecule has 1 unspecified atom stereocenters. The molecule has 138 valence electrons. The summed E-state index contributed by atoms with van der Waals surface area (Å²) in [5, 5.41) is 2.38. The smallest absolute Gasteiger partial charge is 0.416 e. The molecule has 1 amide bonds. The molecule has 2 rings (SSSR count). The molecule has 0 aromatic heterocycles. The number of esters is 1. The van der Waals surface area contributed by atoms with E-state index in [0.29, 0.717) is 5.56 Å². The van der Waals surface area contributed by atoms with Crippen LogP contribution < -0.4 is 5.32 Å². The molecule has 0 aliphatic heterocycles. The molecule has 26 heavy (non-hydrogen) atoms. The number of carbonyl (C=O) groups excluding carboxylic acids is 2. The summed E-state index contributed by atoms with van der Waals surface area (Å²) in [6.07, 6.45) is -5.79. The van der Waals surface area contributed by atoms with E-state index in [1.54, 1.807) is 44.2 Å². The summed E-state index contributed by atoms with van der Waals surface area (Å²) in [4.78, 5) is 24.5. The number of halogens is 3. The first-order valence-electron chi connectivity index (χ1n) is 7.92. The van der Waals surface area contributed by atoms with Gasteiger partial charge < -0.3 is 10.1 Å². The first-order chi connectivity index (χ1) is 12.2. The van der Waals surface area contributed by atoms with Gasteiger partial charge in [-0.15, -0.1) is 0 Å². The fraction of sp³-hybridized carbons (Fsp3) is 0.263. The molecule has 0 fully saturated rings. The molecule has 0 heterocycles. The van der Waals surface area contributed by atoms with Crippen LogP contribution in [0.3, 0.4) is 0 Å². The van der Waals surface area contributed by atoms with Crippen molar-refractivity contribution < 1.29 is 27.5 Å². The summed E-state index contributed by atoms with van der Waals surface area (Å²) < 4.78 is 43.7. The van der Waals surface area contributed by atoms with E-state index >= 15 is 0 Å². The molecule has 0 saturated heterocycles. The second kappa shape index (κ2) is 8.03. The summed E-state index contributed by atoms with van der Waals surface area (Å²) in [6, 6.07) is 12.5. The van der Waals surface area contributed by atoms with E-state index in [2.05, 4.69) is 5.32 Å². The van der Waals surface area contributed by atoms with Crippen LogP contribution in [0.4, 0.5) is 18.9 Å². The summed E-state index contributed by atoms with van der Waals surface area (Å²) in [5.41, 5.74) is -0.497.